The van der Waals surface area contributed by atoms with Gasteiger partial charge in [0.05, 0.1) is 5.60 Å². The topological polar surface area (TPSA) is 55.8 Å². The largest absolute Gasteiger partial charge is 0.390 e. The van der Waals surface area contributed by atoms with Crippen molar-refractivity contribution in [2.24, 2.45) is 5.92 Å². The molecule has 0 radical (unpaired) electrons. The summed E-state index contributed by atoms with van der Waals surface area (Å²) in [6.07, 6.45) is 0.813. The van der Waals surface area contributed by atoms with Gasteiger partial charge in [-0.3, -0.25) is 0 Å². The van der Waals surface area contributed by atoms with E-state index in [4.69, 9.17) is 0 Å². The van der Waals surface area contributed by atoms with Crippen LogP contribution in [0.15, 0.2) is 30.3 Å². The van der Waals surface area contributed by atoms with Gasteiger partial charge in [-0.15, -0.1) is 0 Å². The molecule has 1 unspecified atom stereocenters. The summed E-state index contributed by atoms with van der Waals surface area (Å²) >= 11 is 0. The van der Waals surface area contributed by atoms with Crippen LogP contribution >= 0.6 is 0 Å². The molecule has 0 saturated carbocycles. The van der Waals surface area contributed by atoms with E-state index >= 15 is 0 Å². The van der Waals surface area contributed by atoms with Crippen LogP contribution < -0.4 is 5.32 Å². The zero-order valence-corrected chi connectivity index (χ0v) is 14.6. The van der Waals surface area contributed by atoms with Gasteiger partial charge in [0.1, 0.15) is 0 Å². The highest BCUT2D eigenvalue weighted by Crippen LogP contribution is 2.26. The average Bonchev–Trinajstić information content (AvgIpc) is 2.35. The lowest BCUT2D eigenvalue weighted by molar-refractivity contribution is -0.0460. The lowest BCUT2D eigenvalue weighted by atomic mass is 9.85. The number of aliphatic hydroxyl groups is 1. The Balaban J connectivity index is 1.89. The molecule has 0 bridgehead atoms. The van der Waals surface area contributed by atoms with Crippen LogP contribution in [-0.4, -0.2) is 66.3 Å². The zero-order chi connectivity index (χ0) is 17.0. The SMILES string of the molecule is CN(C)CC(Cc1ccccc1)NC(=O)N1CC(C(C)(C)O)C1. The first-order chi connectivity index (χ1) is 10.8. The summed E-state index contributed by atoms with van der Waals surface area (Å²) in [7, 11) is 4.02. The van der Waals surface area contributed by atoms with E-state index in [1.54, 1.807) is 18.7 Å². The lowest BCUT2D eigenvalue weighted by Crippen LogP contribution is -2.61. The number of likely N-dealkylation sites (tertiary alicyclic amines) is 1. The van der Waals surface area contributed by atoms with Crippen molar-refractivity contribution in [2.45, 2.75) is 31.9 Å². The van der Waals surface area contributed by atoms with Crippen molar-refractivity contribution in [1.29, 1.82) is 0 Å². The first kappa shape index (κ1) is 17.8. The summed E-state index contributed by atoms with van der Waals surface area (Å²) in [5, 5.41) is 13.1. The molecule has 1 aromatic carbocycles. The highest BCUT2D eigenvalue weighted by molar-refractivity contribution is 5.75. The number of benzene rings is 1. The van der Waals surface area contributed by atoms with Gasteiger partial charge < -0.3 is 20.2 Å². The fourth-order valence-corrected chi connectivity index (χ4v) is 2.86. The number of carbonyl (C=O) groups is 1. The molecule has 0 spiro atoms. The van der Waals surface area contributed by atoms with Gasteiger partial charge in [0.25, 0.3) is 0 Å². The number of rotatable bonds is 6. The third-order valence-electron chi connectivity index (χ3n) is 4.41. The van der Waals surface area contributed by atoms with Gasteiger partial charge in [0, 0.05) is 31.6 Å². The fraction of sp³-hybridized carbons (Fsp3) is 0.611. The van der Waals surface area contributed by atoms with Crippen molar-refractivity contribution in [2.75, 3.05) is 33.7 Å². The number of likely N-dealkylation sites (N-methyl/N-ethyl adjacent to an activating group) is 1. The summed E-state index contributed by atoms with van der Waals surface area (Å²) in [5.41, 5.74) is 0.502. The number of nitrogens with zero attached hydrogens (tertiary/aromatic N) is 2. The van der Waals surface area contributed by atoms with Crippen LogP contribution in [-0.2, 0) is 6.42 Å². The Morgan fingerprint density at radius 3 is 2.48 bits per heavy atom. The van der Waals surface area contributed by atoms with Crippen molar-refractivity contribution >= 4 is 6.03 Å². The summed E-state index contributed by atoms with van der Waals surface area (Å²) in [6.45, 7) is 5.64. The quantitative estimate of drug-likeness (QED) is 0.837. The van der Waals surface area contributed by atoms with Gasteiger partial charge in [-0.25, -0.2) is 4.79 Å². The number of hydrogen-bond acceptors (Lipinski definition) is 3. The minimum absolute atomic E-state index is 0.0340. The molecule has 5 nitrogen and oxygen atoms in total. The minimum Gasteiger partial charge on any atom is -0.390 e. The molecule has 1 heterocycles. The Hall–Kier alpha value is -1.59. The van der Waals surface area contributed by atoms with Crippen molar-refractivity contribution in [3.05, 3.63) is 35.9 Å². The molecule has 23 heavy (non-hydrogen) atoms. The van der Waals surface area contributed by atoms with Crippen molar-refractivity contribution in [1.82, 2.24) is 15.1 Å². The third kappa shape index (κ3) is 5.22. The Kier molecular flexibility index (Phi) is 5.65. The molecule has 1 atom stereocenters. The van der Waals surface area contributed by atoms with Crippen LogP contribution in [0, 0.1) is 5.92 Å². The van der Waals surface area contributed by atoms with E-state index in [0.717, 1.165) is 13.0 Å². The van der Waals surface area contributed by atoms with Gasteiger partial charge in [-0.2, -0.15) is 0 Å². The second kappa shape index (κ2) is 7.32. The average molecular weight is 319 g/mol. The molecule has 1 saturated heterocycles. The molecule has 1 aliphatic heterocycles. The highest BCUT2D eigenvalue weighted by Gasteiger charge is 2.40. The van der Waals surface area contributed by atoms with Crippen molar-refractivity contribution < 1.29 is 9.90 Å². The van der Waals surface area contributed by atoms with E-state index in [1.165, 1.54) is 5.56 Å². The lowest BCUT2D eigenvalue weighted by Gasteiger charge is -2.45. The van der Waals surface area contributed by atoms with E-state index in [-0.39, 0.29) is 18.0 Å². The molecule has 1 aliphatic rings. The number of hydrogen-bond donors (Lipinski definition) is 2. The number of carbonyl (C=O) groups excluding carboxylic acids is 1. The standard InChI is InChI=1S/C18H29N3O2/c1-18(2,23)15-11-21(12-15)17(22)19-16(13-20(3)4)10-14-8-6-5-7-9-14/h5-9,15-16,23H,10-13H2,1-4H3,(H,19,22). The molecular weight excluding hydrogens is 290 g/mol. The van der Waals surface area contributed by atoms with Crippen LogP contribution in [0.5, 0.6) is 0 Å². The molecule has 0 aromatic heterocycles. The molecule has 0 aliphatic carbocycles. The molecule has 2 rings (SSSR count). The maximum absolute atomic E-state index is 12.4. The monoisotopic (exact) mass is 319 g/mol. The van der Waals surface area contributed by atoms with Gasteiger partial charge in [-0.05, 0) is 39.9 Å². The summed E-state index contributed by atoms with van der Waals surface area (Å²) in [4.78, 5) is 16.3. The smallest absolute Gasteiger partial charge is 0.317 e. The zero-order valence-electron chi connectivity index (χ0n) is 14.6. The summed E-state index contributed by atoms with van der Waals surface area (Å²) in [6, 6.07) is 10.3. The highest BCUT2D eigenvalue weighted by atomic mass is 16.3. The van der Waals surface area contributed by atoms with Crippen LogP contribution in [0.3, 0.4) is 0 Å². The maximum Gasteiger partial charge on any atom is 0.317 e. The molecular formula is C18H29N3O2. The van der Waals surface area contributed by atoms with Gasteiger partial charge in [0.2, 0.25) is 0 Å². The van der Waals surface area contributed by atoms with E-state index in [2.05, 4.69) is 22.3 Å². The summed E-state index contributed by atoms with van der Waals surface area (Å²) < 4.78 is 0. The number of amides is 2. The van der Waals surface area contributed by atoms with E-state index in [0.29, 0.717) is 13.1 Å². The Bertz CT molecular complexity index is 505. The second-order valence-electron chi connectivity index (χ2n) is 7.35. The van der Waals surface area contributed by atoms with Crippen LogP contribution in [0.1, 0.15) is 19.4 Å². The second-order valence-corrected chi connectivity index (χ2v) is 7.35. The van der Waals surface area contributed by atoms with E-state index in [1.807, 2.05) is 32.3 Å². The molecule has 2 N–H and O–H groups in total. The Morgan fingerprint density at radius 1 is 1.35 bits per heavy atom. The first-order valence-electron chi connectivity index (χ1n) is 8.22. The molecule has 128 valence electrons. The molecule has 1 aromatic rings. The Labute approximate surface area is 139 Å². The van der Waals surface area contributed by atoms with Crippen molar-refractivity contribution in [3.63, 3.8) is 0 Å². The van der Waals surface area contributed by atoms with Crippen LogP contribution in [0.4, 0.5) is 4.79 Å². The van der Waals surface area contributed by atoms with Crippen molar-refractivity contribution in [3.8, 4) is 0 Å². The Morgan fingerprint density at radius 2 is 1.96 bits per heavy atom. The van der Waals surface area contributed by atoms with Gasteiger partial charge in [0.15, 0.2) is 0 Å². The maximum atomic E-state index is 12.4. The molecule has 2 amide bonds. The predicted molar refractivity (Wildman–Crippen MR) is 92.4 cm³/mol. The van der Waals surface area contributed by atoms with Crippen LogP contribution in [0.25, 0.3) is 0 Å². The normalized spacial score (nSPS) is 17.0. The molecule has 5 heteroatoms. The molecule has 1 fully saturated rings. The predicted octanol–water partition coefficient (Wildman–Crippen LogP) is 1.57. The van der Waals surface area contributed by atoms with E-state index in [9.17, 15) is 9.90 Å². The van der Waals surface area contributed by atoms with Gasteiger partial charge >= 0.3 is 6.03 Å². The van der Waals surface area contributed by atoms with Crippen LogP contribution in [0.2, 0.25) is 0 Å². The summed E-state index contributed by atoms with van der Waals surface area (Å²) in [5.74, 6) is 0.162. The number of urea groups is 1. The van der Waals surface area contributed by atoms with E-state index < -0.39 is 5.60 Å². The number of nitrogens with one attached hydrogen (secondary N) is 1. The fourth-order valence-electron chi connectivity index (χ4n) is 2.86. The first-order valence-corrected chi connectivity index (χ1v) is 8.22. The minimum atomic E-state index is -0.718. The third-order valence-corrected chi connectivity index (χ3v) is 4.41. The van der Waals surface area contributed by atoms with Gasteiger partial charge in [-0.1, -0.05) is 30.3 Å².